The molecule has 0 atom stereocenters. The van der Waals surface area contributed by atoms with Crippen LogP contribution in [0.15, 0.2) is 33.7 Å². The van der Waals surface area contributed by atoms with Crippen molar-refractivity contribution < 1.29 is 0 Å². The number of halogens is 2. The van der Waals surface area contributed by atoms with Gasteiger partial charge in [0.1, 0.15) is 0 Å². The number of aliphatic imine (C=N–C) groups is 1. The van der Waals surface area contributed by atoms with Crippen molar-refractivity contribution in [3.05, 3.63) is 34.3 Å². The van der Waals surface area contributed by atoms with E-state index in [2.05, 4.69) is 55.8 Å². The van der Waals surface area contributed by atoms with Crippen molar-refractivity contribution >= 4 is 45.9 Å². The van der Waals surface area contributed by atoms with Gasteiger partial charge in [-0.05, 0) is 24.5 Å². The van der Waals surface area contributed by atoms with Gasteiger partial charge in [0, 0.05) is 30.5 Å². The number of hydrogen-bond donors (Lipinski definition) is 2. The lowest BCUT2D eigenvalue weighted by molar-refractivity contribution is 0.648. The van der Waals surface area contributed by atoms with Crippen molar-refractivity contribution in [1.82, 2.24) is 10.6 Å². The number of hydrogen-bond acceptors (Lipinski definition) is 1. The summed E-state index contributed by atoms with van der Waals surface area (Å²) in [5, 5.41) is 6.41. The number of nitrogens with zero attached hydrogens (tertiary/aromatic N) is 1. The molecule has 0 aliphatic heterocycles. The van der Waals surface area contributed by atoms with Crippen LogP contribution in [0.25, 0.3) is 0 Å². The Balaban J connectivity index is 0.00000162. The monoisotopic (exact) mass is 423 g/mol. The van der Waals surface area contributed by atoms with Crippen molar-refractivity contribution in [2.24, 2.45) is 4.99 Å². The Labute approximate surface area is 134 Å². The van der Waals surface area contributed by atoms with E-state index >= 15 is 0 Å². The molecule has 0 saturated heterocycles. The average Bonchev–Trinajstić information content (AvgIpc) is 3.12. The summed E-state index contributed by atoms with van der Waals surface area (Å²) >= 11 is 3.64. The SMILES string of the molecule is CN=C(NC)NCC1(c2ccccc2Br)CC1.I. The van der Waals surface area contributed by atoms with E-state index in [1.54, 1.807) is 7.05 Å². The van der Waals surface area contributed by atoms with Crippen LogP contribution in [0.2, 0.25) is 0 Å². The molecule has 0 unspecified atom stereocenters. The minimum atomic E-state index is 0. The Bertz CT molecular complexity index is 430. The summed E-state index contributed by atoms with van der Waals surface area (Å²) in [5.74, 6) is 0.850. The zero-order valence-corrected chi connectivity index (χ0v) is 14.6. The molecule has 0 spiro atoms. The van der Waals surface area contributed by atoms with Gasteiger partial charge in [0.2, 0.25) is 0 Å². The first-order valence-corrected chi connectivity index (χ1v) is 6.64. The predicted octanol–water partition coefficient (Wildman–Crippen LogP) is 2.89. The van der Waals surface area contributed by atoms with E-state index in [1.165, 1.54) is 22.9 Å². The molecule has 2 rings (SSSR count). The lowest BCUT2D eigenvalue weighted by atomic mass is 9.96. The second-order valence-electron chi connectivity index (χ2n) is 4.44. The first-order valence-electron chi connectivity index (χ1n) is 5.85. The topological polar surface area (TPSA) is 36.4 Å². The Morgan fingerprint density at radius 2 is 2.06 bits per heavy atom. The highest BCUT2D eigenvalue weighted by molar-refractivity contribution is 14.0. The highest BCUT2D eigenvalue weighted by atomic mass is 127. The Morgan fingerprint density at radius 3 is 2.56 bits per heavy atom. The molecule has 1 aliphatic carbocycles. The van der Waals surface area contributed by atoms with Gasteiger partial charge in [-0.2, -0.15) is 0 Å². The number of benzene rings is 1. The first kappa shape index (κ1) is 15.8. The highest BCUT2D eigenvalue weighted by Gasteiger charge is 2.45. The second kappa shape index (κ2) is 6.75. The summed E-state index contributed by atoms with van der Waals surface area (Å²) in [7, 11) is 3.67. The predicted molar refractivity (Wildman–Crippen MR) is 90.9 cm³/mol. The molecule has 5 heteroatoms. The number of guanidine groups is 1. The first-order chi connectivity index (χ1) is 8.22. The fourth-order valence-electron chi connectivity index (χ4n) is 2.12. The Morgan fingerprint density at radius 1 is 1.39 bits per heavy atom. The summed E-state index contributed by atoms with van der Waals surface area (Å²) < 4.78 is 1.21. The molecule has 0 bridgehead atoms. The molecule has 0 heterocycles. The van der Waals surface area contributed by atoms with E-state index < -0.39 is 0 Å². The van der Waals surface area contributed by atoms with Gasteiger partial charge in [0.15, 0.2) is 5.96 Å². The van der Waals surface area contributed by atoms with Crippen molar-refractivity contribution in [2.75, 3.05) is 20.6 Å². The van der Waals surface area contributed by atoms with E-state index in [4.69, 9.17) is 0 Å². The maximum atomic E-state index is 4.14. The third kappa shape index (κ3) is 3.38. The van der Waals surface area contributed by atoms with Gasteiger partial charge in [-0.25, -0.2) is 0 Å². The molecule has 100 valence electrons. The van der Waals surface area contributed by atoms with E-state index in [-0.39, 0.29) is 29.4 Å². The van der Waals surface area contributed by atoms with E-state index in [0.29, 0.717) is 0 Å². The maximum absolute atomic E-state index is 4.14. The molecule has 0 aromatic heterocycles. The van der Waals surface area contributed by atoms with Crippen LogP contribution in [0.3, 0.4) is 0 Å². The summed E-state index contributed by atoms with van der Waals surface area (Å²) in [6, 6.07) is 8.49. The third-order valence-electron chi connectivity index (χ3n) is 3.35. The van der Waals surface area contributed by atoms with Gasteiger partial charge in [0.05, 0.1) is 0 Å². The van der Waals surface area contributed by atoms with Crippen molar-refractivity contribution in [3.8, 4) is 0 Å². The van der Waals surface area contributed by atoms with Gasteiger partial charge < -0.3 is 10.6 Å². The van der Waals surface area contributed by atoms with Crippen LogP contribution in [-0.4, -0.2) is 26.6 Å². The minimum Gasteiger partial charge on any atom is -0.359 e. The van der Waals surface area contributed by atoms with Crippen LogP contribution in [-0.2, 0) is 5.41 Å². The van der Waals surface area contributed by atoms with Crippen molar-refractivity contribution in [1.29, 1.82) is 0 Å². The van der Waals surface area contributed by atoms with Crippen LogP contribution in [0.5, 0.6) is 0 Å². The van der Waals surface area contributed by atoms with E-state index in [0.717, 1.165) is 12.5 Å². The molecule has 1 aliphatic rings. The fourth-order valence-corrected chi connectivity index (χ4v) is 2.82. The van der Waals surface area contributed by atoms with Crippen LogP contribution in [0, 0.1) is 0 Å². The van der Waals surface area contributed by atoms with E-state index in [9.17, 15) is 0 Å². The van der Waals surface area contributed by atoms with Gasteiger partial charge in [-0.15, -0.1) is 24.0 Å². The molecule has 18 heavy (non-hydrogen) atoms. The van der Waals surface area contributed by atoms with Crippen molar-refractivity contribution in [3.63, 3.8) is 0 Å². The zero-order chi connectivity index (χ0) is 12.3. The van der Waals surface area contributed by atoms with Gasteiger partial charge >= 0.3 is 0 Å². The minimum absolute atomic E-state index is 0. The van der Waals surface area contributed by atoms with Gasteiger partial charge in [-0.3, -0.25) is 4.99 Å². The molecule has 1 saturated carbocycles. The Hall–Kier alpha value is -0.300. The maximum Gasteiger partial charge on any atom is 0.190 e. The van der Waals surface area contributed by atoms with Crippen LogP contribution >= 0.6 is 39.9 Å². The Kier molecular flexibility index (Phi) is 5.91. The molecule has 1 aromatic carbocycles. The molecule has 0 radical (unpaired) electrons. The van der Waals surface area contributed by atoms with Gasteiger partial charge in [-0.1, -0.05) is 34.1 Å². The number of rotatable bonds is 3. The molecule has 0 amide bonds. The molecule has 2 N–H and O–H groups in total. The molecule has 3 nitrogen and oxygen atoms in total. The van der Waals surface area contributed by atoms with Crippen LogP contribution in [0.1, 0.15) is 18.4 Å². The molecule has 1 fully saturated rings. The molecular formula is C13H19BrIN3. The zero-order valence-electron chi connectivity index (χ0n) is 10.7. The highest BCUT2D eigenvalue weighted by Crippen LogP contribution is 2.49. The normalized spacial score (nSPS) is 16.7. The second-order valence-corrected chi connectivity index (χ2v) is 5.29. The third-order valence-corrected chi connectivity index (χ3v) is 4.04. The number of nitrogens with one attached hydrogen (secondary N) is 2. The smallest absolute Gasteiger partial charge is 0.190 e. The largest absolute Gasteiger partial charge is 0.359 e. The quantitative estimate of drug-likeness (QED) is 0.445. The lowest BCUT2D eigenvalue weighted by Gasteiger charge is -2.19. The summed E-state index contributed by atoms with van der Waals surface area (Å²) in [5.41, 5.74) is 1.69. The van der Waals surface area contributed by atoms with Crippen LogP contribution in [0.4, 0.5) is 0 Å². The van der Waals surface area contributed by atoms with E-state index in [1.807, 2.05) is 7.05 Å². The molecular weight excluding hydrogens is 405 g/mol. The van der Waals surface area contributed by atoms with Gasteiger partial charge in [0.25, 0.3) is 0 Å². The van der Waals surface area contributed by atoms with Crippen molar-refractivity contribution in [2.45, 2.75) is 18.3 Å². The van der Waals surface area contributed by atoms with Crippen LogP contribution < -0.4 is 10.6 Å². The summed E-state index contributed by atoms with van der Waals surface area (Å²) in [6.07, 6.45) is 2.48. The fraction of sp³-hybridized carbons (Fsp3) is 0.462. The molecule has 1 aromatic rings. The summed E-state index contributed by atoms with van der Waals surface area (Å²) in [6.45, 7) is 0.934. The lowest BCUT2D eigenvalue weighted by Crippen LogP contribution is -2.39. The average molecular weight is 424 g/mol. The summed E-state index contributed by atoms with van der Waals surface area (Å²) in [4.78, 5) is 4.14. The standard InChI is InChI=1S/C13H18BrN3.HI/c1-15-12(16-2)17-9-13(7-8-13)10-5-3-4-6-11(10)14;/h3-6H,7-9H2,1-2H3,(H2,15,16,17);1H.